The molecule has 0 atom stereocenters. The maximum Gasteiger partial charge on any atom is 0.153 e. The number of amidine groups is 1. The molecule has 3 N–H and O–H groups in total. The molecule has 1 aromatic heterocycles. The topological polar surface area (TPSA) is 79.7 Å². The van der Waals surface area contributed by atoms with E-state index in [0.29, 0.717) is 13.1 Å². The molecule has 1 aromatic rings. The molecule has 114 valence electrons. The fourth-order valence-corrected chi connectivity index (χ4v) is 2.50. The number of aromatic nitrogens is 2. The van der Waals surface area contributed by atoms with Gasteiger partial charge in [0.2, 0.25) is 0 Å². The summed E-state index contributed by atoms with van der Waals surface area (Å²) in [6.07, 6.45) is 1.80. The third-order valence-electron chi connectivity index (χ3n) is 3.12. The maximum absolute atomic E-state index is 8.71. The van der Waals surface area contributed by atoms with Crippen LogP contribution < -0.4 is 5.73 Å². The molecule has 0 aliphatic heterocycles. The summed E-state index contributed by atoms with van der Waals surface area (Å²) in [5, 5.41) is 17.0. The molecule has 0 bridgehead atoms. The van der Waals surface area contributed by atoms with E-state index in [1.54, 1.807) is 0 Å². The van der Waals surface area contributed by atoms with Gasteiger partial charge in [-0.15, -0.1) is 0 Å². The molecule has 1 rings (SSSR count). The number of oxime groups is 1. The van der Waals surface area contributed by atoms with Gasteiger partial charge in [0.05, 0.1) is 23.0 Å². The van der Waals surface area contributed by atoms with E-state index in [1.165, 1.54) is 0 Å². The lowest BCUT2D eigenvalue weighted by molar-refractivity contribution is 0.279. The highest BCUT2D eigenvalue weighted by Gasteiger charge is 2.17. The Morgan fingerprint density at radius 2 is 2.15 bits per heavy atom. The van der Waals surface area contributed by atoms with Gasteiger partial charge in [-0.3, -0.25) is 9.58 Å². The lowest BCUT2D eigenvalue weighted by atomic mass is 10.2. The van der Waals surface area contributed by atoms with E-state index in [2.05, 4.69) is 22.1 Å². The van der Waals surface area contributed by atoms with Gasteiger partial charge in [-0.25, -0.2) is 0 Å². The lowest BCUT2D eigenvalue weighted by Crippen LogP contribution is -2.34. The second-order valence-corrected chi connectivity index (χ2v) is 5.06. The number of nitrogens with zero attached hydrogens (tertiary/aromatic N) is 4. The van der Waals surface area contributed by atoms with Crippen molar-refractivity contribution in [3.05, 3.63) is 16.4 Å². The molecular weight excluding hydrogens is 278 g/mol. The van der Waals surface area contributed by atoms with Crippen molar-refractivity contribution in [1.82, 2.24) is 14.7 Å². The Morgan fingerprint density at radius 1 is 1.45 bits per heavy atom. The van der Waals surface area contributed by atoms with Crippen molar-refractivity contribution in [2.24, 2.45) is 10.9 Å². The van der Waals surface area contributed by atoms with Gasteiger partial charge in [-0.05, 0) is 26.3 Å². The number of hydrogen-bond donors (Lipinski definition) is 2. The van der Waals surface area contributed by atoms with E-state index in [4.69, 9.17) is 22.5 Å². The first-order valence-corrected chi connectivity index (χ1v) is 7.37. The van der Waals surface area contributed by atoms with E-state index >= 15 is 0 Å². The molecule has 0 aromatic carbocycles. The minimum absolute atomic E-state index is 0.202. The number of hydrogen-bond acceptors (Lipinski definition) is 4. The van der Waals surface area contributed by atoms with Crippen LogP contribution in [0.15, 0.2) is 5.16 Å². The van der Waals surface area contributed by atoms with Crippen molar-refractivity contribution in [2.75, 3.05) is 13.1 Å². The Kier molecular flexibility index (Phi) is 6.81. The summed E-state index contributed by atoms with van der Waals surface area (Å²) in [5.74, 6) is 0.202. The quantitative estimate of drug-likeness (QED) is 0.333. The summed E-state index contributed by atoms with van der Waals surface area (Å²) in [6.45, 7) is 8.86. The van der Waals surface area contributed by atoms with Crippen molar-refractivity contribution in [3.8, 4) is 0 Å². The van der Waals surface area contributed by atoms with Gasteiger partial charge >= 0.3 is 0 Å². The van der Waals surface area contributed by atoms with Crippen molar-refractivity contribution in [3.63, 3.8) is 0 Å². The summed E-state index contributed by atoms with van der Waals surface area (Å²) in [4.78, 5) is 2.10. The minimum Gasteiger partial charge on any atom is -0.409 e. The molecule has 0 saturated carbocycles. The SMILES string of the molecule is CCCN(CC(N)=NO)Cc1c(Cl)c(CC)nn1CC. The first kappa shape index (κ1) is 16.8. The molecule has 6 nitrogen and oxygen atoms in total. The molecule has 0 spiro atoms. The molecule has 0 unspecified atom stereocenters. The van der Waals surface area contributed by atoms with Crippen LogP contribution in [-0.2, 0) is 19.5 Å². The minimum atomic E-state index is 0.202. The monoisotopic (exact) mass is 301 g/mol. The van der Waals surface area contributed by atoms with Gasteiger partial charge in [-0.1, -0.05) is 30.6 Å². The lowest BCUT2D eigenvalue weighted by Gasteiger charge is -2.21. The van der Waals surface area contributed by atoms with Crippen molar-refractivity contribution >= 4 is 17.4 Å². The molecule has 0 radical (unpaired) electrons. The summed E-state index contributed by atoms with van der Waals surface area (Å²) >= 11 is 6.40. The molecule has 0 aliphatic carbocycles. The van der Waals surface area contributed by atoms with Crippen LogP contribution in [0.5, 0.6) is 0 Å². The molecule has 1 heterocycles. The molecule has 20 heavy (non-hydrogen) atoms. The Labute approximate surface area is 125 Å². The average Bonchev–Trinajstić information content (AvgIpc) is 2.75. The van der Waals surface area contributed by atoms with Crippen LogP contribution in [0, 0.1) is 0 Å². The van der Waals surface area contributed by atoms with Gasteiger partial charge in [0.15, 0.2) is 5.84 Å². The summed E-state index contributed by atoms with van der Waals surface area (Å²) in [5.41, 5.74) is 7.51. The van der Waals surface area contributed by atoms with Crippen LogP contribution in [0.4, 0.5) is 0 Å². The molecule has 7 heteroatoms. The smallest absolute Gasteiger partial charge is 0.153 e. The predicted octanol–water partition coefficient (Wildman–Crippen LogP) is 2.08. The van der Waals surface area contributed by atoms with Crippen LogP contribution in [-0.4, -0.2) is 38.8 Å². The Hall–Kier alpha value is -1.27. The average molecular weight is 302 g/mol. The highest BCUT2D eigenvalue weighted by molar-refractivity contribution is 6.31. The van der Waals surface area contributed by atoms with Crippen LogP contribution >= 0.6 is 11.6 Å². The van der Waals surface area contributed by atoms with Gasteiger partial charge in [-0.2, -0.15) is 5.10 Å². The van der Waals surface area contributed by atoms with E-state index in [9.17, 15) is 0 Å². The molecular formula is C13H24ClN5O. The van der Waals surface area contributed by atoms with Gasteiger partial charge in [0, 0.05) is 13.1 Å². The highest BCUT2D eigenvalue weighted by atomic mass is 35.5. The standard InChI is InChI=1S/C13H24ClN5O/c1-4-7-18(9-12(15)17-20)8-11-13(14)10(5-2)16-19(11)6-3/h20H,4-9H2,1-3H3,(H2,15,17). The van der Waals surface area contributed by atoms with Crippen LogP contribution in [0.2, 0.25) is 5.02 Å². The van der Waals surface area contributed by atoms with Crippen LogP contribution in [0.1, 0.15) is 38.6 Å². The molecule has 0 saturated heterocycles. The number of aryl methyl sites for hydroxylation is 2. The summed E-state index contributed by atoms with van der Waals surface area (Å²) < 4.78 is 1.93. The van der Waals surface area contributed by atoms with Crippen molar-refractivity contribution in [1.29, 1.82) is 0 Å². The number of halogens is 1. The Balaban J connectivity index is 2.95. The highest BCUT2D eigenvalue weighted by Crippen LogP contribution is 2.23. The summed E-state index contributed by atoms with van der Waals surface area (Å²) in [6, 6.07) is 0. The van der Waals surface area contributed by atoms with Gasteiger partial charge in [0.1, 0.15) is 0 Å². The Bertz CT molecular complexity index is 458. The number of rotatable bonds is 8. The first-order valence-electron chi connectivity index (χ1n) is 7.00. The normalized spacial score (nSPS) is 12.3. The molecule has 0 amide bonds. The zero-order valence-corrected chi connectivity index (χ0v) is 13.2. The number of nitrogens with two attached hydrogens (primary N) is 1. The van der Waals surface area contributed by atoms with Gasteiger partial charge < -0.3 is 10.9 Å². The van der Waals surface area contributed by atoms with E-state index in [1.807, 2.05) is 18.5 Å². The largest absolute Gasteiger partial charge is 0.409 e. The molecule has 0 fully saturated rings. The maximum atomic E-state index is 8.71. The van der Waals surface area contributed by atoms with Crippen molar-refractivity contribution < 1.29 is 5.21 Å². The van der Waals surface area contributed by atoms with E-state index < -0.39 is 0 Å². The summed E-state index contributed by atoms with van der Waals surface area (Å²) in [7, 11) is 0. The fraction of sp³-hybridized carbons (Fsp3) is 0.692. The zero-order chi connectivity index (χ0) is 15.1. The van der Waals surface area contributed by atoms with Crippen LogP contribution in [0.25, 0.3) is 0 Å². The third kappa shape index (κ3) is 4.11. The first-order chi connectivity index (χ1) is 9.57. The second-order valence-electron chi connectivity index (χ2n) is 4.68. The van der Waals surface area contributed by atoms with E-state index in [0.717, 1.165) is 42.3 Å². The molecule has 0 aliphatic rings. The second kappa shape index (κ2) is 8.11. The van der Waals surface area contributed by atoms with E-state index in [-0.39, 0.29) is 5.84 Å². The van der Waals surface area contributed by atoms with Gasteiger partial charge in [0.25, 0.3) is 0 Å². The zero-order valence-electron chi connectivity index (χ0n) is 12.4. The Morgan fingerprint density at radius 3 is 2.65 bits per heavy atom. The predicted molar refractivity (Wildman–Crippen MR) is 81.3 cm³/mol. The fourth-order valence-electron chi connectivity index (χ4n) is 2.17. The van der Waals surface area contributed by atoms with Crippen molar-refractivity contribution in [2.45, 2.75) is 46.7 Å². The third-order valence-corrected chi connectivity index (χ3v) is 3.56. The van der Waals surface area contributed by atoms with Crippen LogP contribution in [0.3, 0.4) is 0 Å².